The highest BCUT2D eigenvalue weighted by Gasteiger charge is 2.55. The number of hydrogen-bond donors (Lipinski definition) is 0. The number of hydrogen-bond acceptors (Lipinski definition) is 4. The van der Waals surface area contributed by atoms with Crippen LogP contribution in [-0.4, -0.2) is 52.9 Å². The lowest BCUT2D eigenvalue weighted by atomic mass is 9.84. The van der Waals surface area contributed by atoms with Crippen LogP contribution >= 0.6 is 18.7 Å². The molecule has 5 atom stereocenters. The zero-order valence-corrected chi connectivity index (χ0v) is 17.0. The summed E-state index contributed by atoms with van der Waals surface area (Å²) < 4.78 is 18.6. The molecule has 2 rings (SSSR count). The van der Waals surface area contributed by atoms with E-state index in [0.717, 1.165) is 5.75 Å². The summed E-state index contributed by atoms with van der Waals surface area (Å²) in [4.78, 5) is 0. The molecular weight excluding hydrogens is 318 g/mol. The molecular formula is C14H28BO3PSSi. The Kier molecular flexibility index (Phi) is 5.31. The first-order valence-electron chi connectivity index (χ1n) is 7.59. The molecule has 0 aromatic carbocycles. The van der Waals surface area contributed by atoms with E-state index in [0.29, 0.717) is 6.61 Å². The van der Waals surface area contributed by atoms with E-state index in [4.69, 9.17) is 21.5 Å². The highest BCUT2D eigenvalue weighted by atomic mass is 32.7. The standard InChI is InChI=1S/C14H28BO3PSSi/c1-10-11(18-21(6,7)13(2,3)4)12(15)17-14(10)8-16-19(5)20-9-14/h10-12H,8-9H2,1-7H3/t10?,11-,12+,14+,19?/m0/s1. The zero-order valence-electron chi connectivity index (χ0n) is 14.3. The maximum Gasteiger partial charge on any atom is 0.192 e. The van der Waals surface area contributed by atoms with Crippen molar-refractivity contribution in [3.8, 4) is 0 Å². The molecule has 3 nitrogen and oxygen atoms in total. The highest BCUT2D eigenvalue weighted by molar-refractivity contribution is 8.54. The lowest BCUT2D eigenvalue weighted by molar-refractivity contribution is -0.0427. The van der Waals surface area contributed by atoms with E-state index in [9.17, 15) is 0 Å². The minimum absolute atomic E-state index is 0.0312. The average Bonchev–Trinajstić information content (AvgIpc) is 2.57. The minimum atomic E-state index is -1.85. The smallest absolute Gasteiger partial charge is 0.192 e. The van der Waals surface area contributed by atoms with Crippen LogP contribution in [0.15, 0.2) is 0 Å². The van der Waals surface area contributed by atoms with Crippen molar-refractivity contribution >= 4 is 34.9 Å². The van der Waals surface area contributed by atoms with Crippen LogP contribution in [0.4, 0.5) is 0 Å². The average molecular weight is 346 g/mol. The predicted octanol–water partition coefficient (Wildman–Crippen LogP) is 3.98. The summed E-state index contributed by atoms with van der Waals surface area (Å²) in [6, 6.07) is -0.348. The summed E-state index contributed by atoms with van der Waals surface area (Å²) >= 11 is 1.86. The van der Waals surface area contributed by atoms with Gasteiger partial charge in [0.25, 0.3) is 0 Å². The van der Waals surface area contributed by atoms with Gasteiger partial charge in [-0.05, 0) is 24.8 Å². The third-order valence-corrected chi connectivity index (χ3v) is 13.0. The first-order chi connectivity index (χ1) is 9.48. The Morgan fingerprint density at radius 2 is 2.00 bits per heavy atom. The molecule has 2 radical (unpaired) electrons. The first kappa shape index (κ1) is 18.3. The van der Waals surface area contributed by atoms with Gasteiger partial charge in [-0.25, -0.2) is 0 Å². The van der Waals surface area contributed by atoms with Crippen molar-refractivity contribution in [1.29, 1.82) is 0 Å². The third kappa shape index (κ3) is 3.56. The SMILES string of the molecule is [B][C@@H]1O[C@@]2(COP(C)SC2)C(C)[C@@H]1O[Si](C)(C)C(C)(C)C. The van der Waals surface area contributed by atoms with Gasteiger partial charge in [0.1, 0.15) is 13.4 Å². The van der Waals surface area contributed by atoms with Gasteiger partial charge in [0.15, 0.2) is 8.32 Å². The van der Waals surface area contributed by atoms with Gasteiger partial charge in [-0.2, -0.15) is 0 Å². The Hall–Kier alpha value is 0.942. The zero-order chi connectivity index (χ0) is 16.1. The molecule has 21 heavy (non-hydrogen) atoms. The summed E-state index contributed by atoms with van der Waals surface area (Å²) in [6.07, 6.45) is -0.0312. The van der Waals surface area contributed by atoms with Crippen LogP contribution in [0.3, 0.4) is 0 Å². The van der Waals surface area contributed by atoms with E-state index in [1.54, 1.807) is 0 Å². The van der Waals surface area contributed by atoms with Crippen molar-refractivity contribution in [3.05, 3.63) is 0 Å². The predicted molar refractivity (Wildman–Crippen MR) is 95.8 cm³/mol. The van der Waals surface area contributed by atoms with Gasteiger partial charge in [0.2, 0.25) is 0 Å². The normalized spacial score (nSPS) is 41.7. The molecule has 7 heteroatoms. The molecule has 0 amide bonds. The molecule has 0 saturated carbocycles. The van der Waals surface area contributed by atoms with Crippen molar-refractivity contribution in [3.63, 3.8) is 0 Å². The third-order valence-electron chi connectivity index (χ3n) is 5.24. The van der Waals surface area contributed by atoms with Gasteiger partial charge >= 0.3 is 0 Å². The van der Waals surface area contributed by atoms with Crippen molar-refractivity contribution in [2.75, 3.05) is 19.0 Å². The second-order valence-corrected chi connectivity index (χ2v) is 16.5. The number of rotatable bonds is 2. The Labute approximate surface area is 137 Å². The van der Waals surface area contributed by atoms with Crippen LogP contribution in [0.1, 0.15) is 27.7 Å². The van der Waals surface area contributed by atoms with E-state index in [2.05, 4.69) is 47.5 Å². The van der Waals surface area contributed by atoms with E-state index in [1.165, 1.54) is 0 Å². The van der Waals surface area contributed by atoms with Crippen molar-refractivity contribution < 1.29 is 13.7 Å². The van der Waals surface area contributed by atoms with Gasteiger partial charge in [0.05, 0.1) is 20.1 Å². The van der Waals surface area contributed by atoms with Crippen LogP contribution in [-0.2, 0) is 13.7 Å². The topological polar surface area (TPSA) is 27.7 Å². The molecule has 0 aromatic rings. The van der Waals surface area contributed by atoms with Crippen LogP contribution < -0.4 is 0 Å². The maximum atomic E-state index is 6.57. The van der Waals surface area contributed by atoms with Crippen LogP contribution in [0.25, 0.3) is 0 Å². The maximum absolute atomic E-state index is 6.57. The molecule has 2 aliphatic rings. The molecule has 2 saturated heterocycles. The fourth-order valence-electron chi connectivity index (χ4n) is 2.53. The Morgan fingerprint density at radius 1 is 1.38 bits per heavy atom. The minimum Gasteiger partial charge on any atom is -0.412 e. The summed E-state index contributed by atoms with van der Waals surface area (Å²) in [5.74, 6) is 1.22. The van der Waals surface area contributed by atoms with Crippen LogP contribution in [0, 0.1) is 5.92 Å². The summed E-state index contributed by atoms with van der Waals surface area (Å²) in [5, 5.41) is 0.178. The monoisotopic (exact) mass is 346 g/mol. The molecule has 0 aromatic heterocycles. The largest absolute Gasteiger partial charge is 0.412 e. The molecule has 2 fully saturated rings. The number of ether oxygens (including phenoxy) is 1. The van der Waals surface area contributed by atoms with Crippen molar-refractivity contribution in [1.82, 2.24) is 0 Å². The van der Waals surface area contributed by atoms with Crippen LogP contribution in [0.2, 0.25) is 18.1 Å². The molecule has 2 unspecified atom stereocenters. The van der Waals surface area contributed by atoms with Gasteiger partial charge in [-0.15, -0.1) is 11.4 Å². The Bertz CT molecular complexity index is 383. The van der Waals surface area contributed by atoms with E-state index >= 15 is 0 Å². The van der Waals surface area contributed by atoms with E-state index < -0.39 is 8.32 Å². The van der Waals surface area contributed by atoms with Gasteiger partial charge < -0.3 is 13.7 Å². The Balaban J connectivity index is 2.12. The fourth-order valence-corrected chi connectivity index (χ4v) is 6.77. The molecule has 120 valence electrons. The lowest BCUT2D eigenvalue weighted by Gasteiger charge is -2.42. The molecule has 2 heterocycles. The molecule has 0 N–H and O–H groups in total. The molecule has 0 bridgehead atoms. The Morgan fingerprint density at radius 3 is 2.48 bits per heavy atom. The van der Waals surface area contributed by atoms with Gasteiger partial charge in [-0.1, -0.05) is 27.7 Å². The van der Waals surface area contributed by atoms with Crippen LogP contribution in [0.5, 0.6) is 0 Å². The summed E-state index contributed by atoms with van der Waals surface area (Å²) in [5.41, 5.74) is -0.272. The van der Waals surface area contributed by atoms with Gasteiger partial charge in [-0.3, -0.25) is 0 Å². The highest BCUT2D eigenvalue weighted by Crippen LogP contribution is 2.57. The van der Waals surface area contributed by atoms with Crippen molar-refractivity contribution in [2.45, 2.75) is 63.5 Å². The van der Waals surface area contributed by atoms with E-state index in [1.807, 2.05) is 11.4 Å². The summed E-state index contributed by atoms with van der Waals surface area (Å²) in [6.45, 7) is 16.3. The second kappa shape index (κ2) is 6.10. The first-order valence-corrected chi connectivity index (χ1v) is 13.8. The summed E-state index contributed by atoms with van der Waals surface area (Å²) in [7, 11) is 4.06. The van der Waals surface area contributed by atoms with Gasteiger partial charge in [0, 0.05) is 17.7 Å². The second-order valence-electron chi connectivity index (χ2n) is 7.77. The molecule has 2 aliphatic heterocycles. The van der Waals surface area contributed by atoms with E-state index in [-0.39, 0.29) is 36.0 Å². The lowest BCUT2D eigenvalue weighted by Crippen LogP contribution is -2.49. The molecule has 0 aliphatic carbocycles. The molecule has 1 spiro atoms. The quantitative estimate of drug-likeness (QED) is 0.558. The van der Waals surface area contributed by atoms with Crippen molar-refractivity contribution in [2.24, 2.45) is 5.92 Å². The fraction of sp³-hybridized carbons (Fsp3) is 1.00.